The van der Waals surface area contributed by atoms with Crippen LogP contribution in [0, 0.1) is 0 Å². The Bertz CT molecular complexity index is 1070. The summed E-state index contributed by atoms with van der Waals surface area (Å²) in [6.07, 6.45) is 0. The summed E-state index contributed by atoms with van der Waals surface area (Å²) in [5, 5.41) is 5.95. The van der Waals surface area contributed by atoms with Crippen molar-refractivity contribution in [1.29, 1.82) is 0 Å². The lowest BCUT2D eigenvalue weighted by Gasteiger charge is -2.37. The zero-order valence-corrected chi connectivity index (χ0v) is 27.7. The molecule has 0 saturated carbocycles. The van der Waals surface area contributed by atoms with Gasteiger partial charge in [-0.1, -0.05) is 170 Å². The van der Waals surface area contributed by atoms with Crippen molar-refractivity contribution in [2.45, 2.75) is 57.8 Å². The maximum atomic E-state index is 2.40. The van der Waals surface area contributed by atoms with Gasteiger partial charge in [0.05, 0.1) is 40.6 Å². The van der Waals surface area contributed by atoms with Crippen LogP contribution in [0.2, 0.25) is 52.4 Å². The summed E-state index contributed by atoms with van der Waals surface area (Å²) in [6.45, 7) is 19.0. The van der Waals surface area contributed by atoms with Crippen LogP contribution < -0.4 is 20.7 Å². The Morgan fingerprint density at radius 2 is 0.459 bits per heavy atom. The first-order chi connectivity index (χ1) is 17.6. The van der Waals surface area contributed by atoms with Crippen LogP contribution in [0.1, 0.15) is 22.3 Å². The maximum Gasteiger partial charge on any atom is 0.0791 e. The third kappa shape index (κ3) is 5.63. The zero-order valence-electron chi connectivity index (χ0n) is 23.7. The lowest BCUT2D eigenvalue weighted by Crippen LogP contribution is -2.34. The molecular formula is C33H40Si4. The molecule has 0 spiro atoms. The highest BCUT2D eigenvalue weighted by Crippen LogP contribution is 2.44. The molecule has 0 fully saturated rings. The van der Waals surface area contributed by atoms with Crippen molar-refractivity contribution in [3.05, 3.63) is 119 Å². The highest BCUT2D eigenvalue weighted by Gasteiger charge is 2.38. The molecule has 0 saturated heterocycles. The molecule has 0 aromatic heterocycles. The standard InChI is InChI=1S/C33H40Si4/c1-34(2)29-17-9-25(10-18-29)33(26-11-19-30(20-12-26)35(3)4,27-13-21-31(22-14-27)36(5)6)28-15-23-32(24-16-28)37(7)8/h9-24H,1-8H3. The summed E-state index contributed by atoms with van der Waals surface area (Å²) < 4.78 is 0. The number of benzene rings is 4. The molecular weight excluding hydrogens is 509 g/mol. The molecule has 0 aliphatic carbocycles. The minimum absolute atomic E-state index is 0.361. The van der Waals surface area contributed by atoms with E-state index in [2.05, 4.69) is 149 Å². The van der Waals surface area contributed by atoms with Crippen molar-refractivity contribution in [1.82, 2.24) is 0 Å². The van der Waals surface area contributed by atoms with Gasteiger partial charge in [0.2, 0.25) is 0 Å². The summed E-state index contributed by atoms with van der Waals surface area (Å²) in [6, 6.07) is 38.3. The molecule has 4 aromatic carbocycles. The van der Waals surface area contributed by atoms with Crippen LogP contribution in [0.4, 0.5) is 0 Å². The minimum Gasteiger partial charge on any atom is -0.0671 e. The molecule has 4 aromatic rings. The average Bonchev–Trinajstić information content (AvgIpc) is 2.90. The lowest BCUT2D eigenvalue weighted by atomic mass is 9.65. The van der Waals surface area contributed by atoms with Crippen molar-refractivity contribution >= 4 is 55.9 Å². The summed E-state index contributed by atoms with van der Waals surface area (Å²) in [7, 11) is -2.00. The van der Waals surface area contributed by atoms with Crippen LogP contribution in [0.5, 0.6) is 0 Å². The second-order valence-corrected chi connectivity index (χ2v) is 21.4. The fourth-order valence-electron chi connectivity index (χ4n) is 5.21. The quantitative estimate of drug-likeness (QED) is 0.190. The Morgan fingerprint density at radius 1 is 0.297 bits per heavy atom. The van der Waals surface area contributed by atoms with E-state index in [1.807, 2.05) is 0 Å². The first kappa shape index (κ1) is 27.8. The molecule has 4 heteroatoms. The van der Waals surface area contributed by atoms with Crippen molar-refractivity contribution in [2.24, 2.45) is 0 Å². The first-order valence-electron chi connectivity index (χ1n) is 13.3. The smallest absolute Gasteiger partial charge is 0.0671 e. The van der Waals surface area contributed by atoms with Gasteiger partial charge < -0.3 is 0 Å². The molecule has 0 aliphatic rings. The molecule has 0 aliphatic heterocycles. The van der Waals surface area contributed by atoms with Crippen LogP contribution in [-0.2, 0) is 5.41 Å². The molecule has 0 unspecified atom stereocenters. The van der Waals surface area contributed by atoms with Crippen LogP contribution in [0.25, 0.3) is 0 Å². The Labute approximate surface area is 232 Å². The first-order valence-corrected chi connectivity index (χ1v) is 23.3. The van der Waals surface area contributed by atoms with Gasteiger partial charge in [0.25, 0.3) is 0 Å². The number of hydrogen-bond acceptors (Lipinski definition) is 0. The summed E-state index contributed by atoms with van der Waals surface area (Å²) in [5.74, 6) is 0. The van der Waals surface area contributed by atoms with E-state index >= 15 is 0 Å². The average molecular weight is 549 g/mol. The third-order valence-electron chi connectivity index (χ3n) is 7.58. The monoisotopic (exact) mass is 548 g/mol. The van der Waals surface area contributed by atoms with E-state index in [1.54, 1.807) is 0 Å². The SMILES string of the molecule is C[Si](C)c1ccc(C(c2ccc([Si](C)C)cc2)(c2ccc([Si](C)C)cc2)c2ccc([Si](C)C)cc2)cc1. The highest BCUT2D eigenvalue weighted by molar-refractivity contribution is 6.71. The van der Waals surface area contributed by atoms with Gasteiger partial charge in [-0.15, -0.1) is 0 Å². The van der Waals surface area contributed by atoms with Gasteiger partial charge in [-0.2, -0.15) is 0 Å². The predicted molar refractivity (Wildman–Crippen MR) is 173 cm³/mol. The summed E-state index contributed by atoms with van der Waals surface area (Å²) in [4.78, 5) is 0. The molecule has 0 amide bonds. The van der Waals surface area contributed by atoms with E-state index in [0.29, 0.717) is 0 Å². The zero-order chi connectivity index (χ0) is 26.7. The van der Waals surface area contributed by atoms with E-state index in [0.717, 1.165) is 0 Å². The van der Waals surface area contributed by atoms with E-state index < -0.39 is 35.2 Å². The van der Waals surface area contributed by atoms with E-state index in [-0.39, 0.29) is 5.41 Å². The molecule has 188 valence electrons. The molecule has 0 nitrogen and oxygen atoms in total. The molecule has 0 bridgehead atoms. The van der Waals surface area contributed by atoms with Crippen LogP contribution >= 0.6 is 0 Å². The second-order valence-electron chi connectivity index (χ2n) is 11.1. The molecule has 4 rings (SSSR count). The summed E-state index contributed by atoms with van der Waals surface area (Å²) in [5.41, 5.74) is 5.04. The molecule has 0 heterocycles. The molecule has 4 radical (unpaired) electrons. The lowest BCUT2D eigenvalue weighted by molar-refractivity contribution is 0.746. The topological polar surface area (TPSA) is 0 Å². The molecule has 37 heavy (non-hydrogen) atoms. The van der Waals surface area contributed by atoms with Crippen LogP contribution in [-0.4, -0.2) is 35.2 Å². The Hall–Kier alpha value is -2.25. The minimum atomic E-state index is -0.500. The normalized spacial score (nSPS) is 12.2. The van der Waals surface area contributed by atoms with E-state index in [4.69, 9.17) is 0 Å². The van der Waals surface area contributed by atoms with Crippen molar-refractivity contribution in [2.75, 3.05) is 0 Å². The van der Waals surface area contributed by atoms with Gasteiger partial charge in [-0.05, 0) is 22.3 Å². The van der Waals surface area contributed by atoms with Crippen LogP contribution in [0.3, 0.4) is 0 Å². The van der Waals surface area contributed by atoms with E-state index in [9.17, 15) is 0 Å². The largest absolute Gasteiger partial charge is 0.0791 e. The van der Waals surface area contributed by atoms with Gasteiger partial charge in [0, 0.05) is 0 Å². The van der Waals surface area contributed by atoms with Gasteiger partial charge in [0.15, 0.2) is 0 Å². The molecule has 0 N–H and O–H groups in total. The Morgan fingerprint density at radius 3 is 0.595 bits per heavy atom. The predicted octanol–water partition coefficient (Wildman–Crippen LogP) is 5.91. The fourth-order valence-corrected chi connectivity index (χ4v) is 8.55. The highest BCUT2D eigenvalue weighted by atomic mass is 28.3. The van der Waals surface area contributed by atoms with Crippen LogP contribution in [0.15, 0.2) is 97.1 Å². The van der Waals surface area contributed by atoms with Crippen molar-refractivity contribution < 1.29 is 0 Å². The van der Waals surface area contributed by atoms with Gasteiger partial charge >= 0.3 is 0 Å². The van der Waals surface area contributed by atoms with Gasteiger partial charge in [-0.3, -0.25) is 0 Å². The van der Waals surface area contributed by atoms with Crippen molar-refractivity contribution in [3.8, 4) is 0 Å². The third-order valence-corrected chi connectivity index (χ3v) is 13.5. The fraction of sp³-hybridized carbons (Fsp3) is 0.273. The second kappa shape index (κ2) is 11.6. The van der Waals surface area contributed by atoms with E-state index in [1.165, 1.54) is 43.0 Å². The van der Waals surface area contributed by atoms with Crippen molar-refractivity contribution in [3.63, 3.8) is 0 Å². The summed E-state index contributed by atoms with van der Waals surface area (Å²) >= 11 is 0. The Balaban J connectivity index is 2.05. The maximum absolute atomic E-state index is 2.40. The molecule has 0 atom stereocenters. The number of hydrogen-bond donors (Lipinski definition) is 0. The number of rotatable bonds is 8. The van der Waals surface area contributed by atoms with Gasteiger partial charge in [-0.25, -0.2) is 0 Å². The van der Waals surface area contributed by atoms with Gasteiger partial charge in [0.1, 0.15) is 0 Å². The Kier molecular flexibility index (Phi) is 8.74.